The van der Waals surface area contributed by atoms with E-state index in [2.05, 4.69) is 5.32 Å². The van der Waals surface area contributed by atoms with E-state index in [0.717, 1.165) is 5.56 Å². The van der Waals surface area contributed by atoms with E-state index in [9.17, 15) is 9.50 Å². The van der Waals surface area contributed by atoms with Gasteiger partial charge in [0.25, 0.3) is 0 Å². The second-order valence-electron chi connectivity index (χ2n) is 4.42. The van der Waals surface area contributed by atoms with Gasteiger partial charge >= 0.3 is 0 Å². The molecule has 0 bridgehead atoms. The molecule has 17 heavy (non-hydrogen) atoms. The molecule has 5 heteroatoms. The van der Waals surface area contributed by atoms with Crippen LogP contribution < -0.4 is 5.32 Å². The molecule has 3 nitrogen and oxygen atoms in total. The molecule has 2 unspecified atom stereocenters. The number of aliphatic hydroxyl groups excluding tert-OH is 1. The zero-order chi connectivity index (χ0) is 13.1. The van der Waals surface area contributed by atoms with E-state index in [1.165, 1.54) is 19.1 Å². The first-order valence-corrected chi connectivity index (χ1v) is 5.75. The van der Waals surface area contributed by atoms with Gasteiger partial charge in [-0.05, 0) is 31.5 Å². The van der Waals surface area contributed by atoms with Crippen molar-refractivity contribution >= 4 is 11.6 Å². The number of hydrogen-bond acceptors (Lipinski definition) is 3. The average Bonchev–Trinajstić information content (AvgIpc) is 2.26. The van der Waals surface area contributed by atoms with Gasteiger partial charge < -0.3 is 15.5 Å². The minimum Gasteiger partial charge on any atom is -0.393 e. The minimum absolute atomic E-state index is 0.138. The molecule has 0 amide bonds. The Balaban J connectivity index is 2.67. The van der Waals surface area contributed by atoms with E-state index in [4.69, 9.17) is 16.7 Å². The molecule has 0 saturated heterocycles. The van der Waals surface area contributed by atoms with Crippen LogP contribution in [0.5, 0.6) is 0 Å². The number of aliphatic hydroxyl groups is 2. The van der Waals surface area contributed by atoms with E-state index in [0.29, 0.717) is 5.02 Å². The predicted molar refractivity (Wildman–Crippen MR) is 65.5 cm³/mol. The molecular weight excluding hydrogens is 245 g/mol. The van der Waals surface area contributed by atoms with Gasteiger partial charge in [-0.1, -0.05) is 17.7 Å². The van der Waals surface area contributed by atoms with Gasteiger partial charge in [0.15, 0.2) is 0 Å². The molecule has 0 heterocycles. The first-order chi connectivity index (χ1) is 7.85. The largest absolute Gasteiger partial charge is 0.393 e. The Hall–Kier alpha value is -0.680. The Morgan fingerprint density at radius 1 is 1.53 bits per heavy atom. The first-order valence-electron chi connectivity index (χ1n) is 5.37. The third kappa shape index (κ3) is 4.24. The third-order valence-electron chi connectivity index (χ3n) is 2.56. The molecule has 2 atom stereocenters. The summed E-state index contributed by atoms with van der Waals surface area (Å²) in [6.45, 7) is 3.27. The molecule has 96 valence electrons. The average molecular weight is 262 g/mol. The lowest BCUT2D eigenvalue weighted by Gasteiger charge is -2.24. The van der Waals surface area contributed by atoms with Crippen LogP contribution >= 0.6 is 11.6 Å². The molecule has 1 rings (SSSR count). The van der Waals surface area contributed by atoms with Crippen molar-refractivity contribution in [2.75, 3.05) is 13.2 Å². The summed E-state index contributed by atoms with van der Waals surface area (Å²) in [5.74, 6) is -0.381. The maximum Gasteiger partial charge on any atom is 0.124 e. The van der Waals surface area contributed by atoms with Crippen LogP contribution in [0, 0.1) is 5.82 Å². The fourth-order valence-corrected chi connectivity index (χ4v) is 1.72. The van der Waals surface area contributed by atoms with Gasteiger partial charge in [-0.2, -0.15) is 0 Å². The summed E-state index contributed by atoms with van der Waals surface area (Å²) in [6.07, 6.45) is 0. The molecule has 0 saturated carbocycles. The quantitative estimate of drug-likeness (QED) is 0.759. The molecule has 0 aliphatic heterocycles. The summed E-state index contributed by atoms with van der Waals surface area (Å²) in [5.41, 5.74) is -0.428. The second kappa shape index (κ2) is 5.78. The highest BCUT2D eigenvalue weighted by atomic mass is 35.5. The van der Waals surface area contributed by atoms with Crippen LogP contribution in [0.1, 0.15) is 25.5 Å². The number of nitrogens with one attached hydrogen (secondary N) is 1. The lowest BCUT2D eigenvalue weighted by atomic mass is 10.1. The van der Waals surface area contributed by atoms with Crippen molar-refractivity contribution in [2.45, 2.75) is 25.5 Å². The van der Waals surface area contributed by atoms with Crippen LogP contribution in [0.4, 0.5) is 4.39 Å². The Morgan fingerprint density at radius 2 is 2.18 bits per heavy atom. The summed E-state index contributed by atoms with van der Waals surface area (Å²) in [4.78, 5) is 0. The predicted octanol–water partition coefficient (Wildman–Crippen LogP) is 1.87. The highest BCUT2D eigenvalue weighted by Gasteiger charge is 2.20. The van der Waals surface area contributed by atoms with E-state index in [1.807, 2.05) is 6.92 Å². The van der Waals surface area contributed by atoms with Gasteiger partial charge in [-0.15, -0.1) is 0 Å². The van der Waals surface area contributed by atoms with Gasteiger partial charge in [0.05, 0.1) is 12.2 Å². The third-order valence-corrected chi connectivity index (χ3v) is 2.89. The summed E-state index contributed by atoms with van der Waals surface area (Å²) in [7, 11) is 0. The van der Waals surface area contributed by atoms with E-state index >= 15 is 0 Å². The van der Waals surface area contributed by atoms with Crippen molar-refractivity contribution in [1.29, 1.82) is 0 Å². The molecular formula is C12H17ClFNO2. The number of halogens is 2. The van der Waals surface area contributed by atoms with Crippen molar-refractivity contribution in [3.8, 4) is 0 Å². The monoisotopic (exact) mass is 261 g/mol. The van der Waals surface area contributed by atoms with Crippen molar-refractivity contribution in [3.63, 3.8) is 0 Å². The maximum atomic E-state index is 12.9. The van der Waals surface area contributed by atoms with Gasteiger partial charge in [0.1, 0.15) is 5.82 Å². The lowest BCUT2D eigenvalue weighted by molar-refractivity contribution is 0.00106. The van der Waals surface area contributed by atoms with Crippen LogP contribution in [-0.4, -0.2) is 29.0 Å². The van der Waals surface area contributed by atoms with E-state index < -0.39 is 5.60 Å². The molecule has 0 radical (unpaired) electrons. The molecule has 0 aliphatic carbocycles. The number of hydrogen-bond donors (Lipinski definition) is 3. The smallest absolute Gasteiger partial charge is 0.124 e. The Bertz CT molecular complexity index is 385. The van der Waals surface area contributed by atoms with Crippen molar-refractivity contribution < 1.29 is 14.6 Å². The Kier molecular flexibility index (Phi) is 4.89. The molecule has 0 fully saturated rings. The standard InChI is InChI=1S/C12H17ClFNO2/c1-8(15-6-12(2,17)7-16)10-4-3-9(14)5-11(10)13/h3-5,8,15-17H,6-7H2,1-2H3. The topological polar surface area (TPSA) is 52.5 Å². The first kappa shape index (κ1) is 14.4. The lowest BCUT2D eigenvalue weighted by Crippen LogP contribution is -2.41. The highest BCUT2D eigenvalue weighted by molar-refractivity contribution is 6.31. The van der Waals surface area contributed by atoms with Crippen LogP contribution in [0.15, 0.2) is 18.2 Å². The van der Waals surface area contributed by atoms with Crippen LogP contribution in [0.2, 0.25) is 5.02 Å². The molecule has 0 aliphatic rings. The van der Waals surface area contributed by atoms with Gasteiger partial charge in [-0.25, -0.2) is 4.39 Å². The molecule has 1 aromatic rings. The fraction of sp³-hybridized carbons (Fsp3) is 0.500. The summed E-state index contributed by atoms with van der Waals surface area (Å²) < 4.78 is 12.9. The number of benzene rings is 1. The van der Waals surface area contributed by atoms with Crippen molar-refractivity contribution in [1.82, 2.24) is 5.32 Å². The Morgan fingerprint density at radius 3 is 2.71 bits per heavy atom. The van der Waals surface area contributed by atoms with Crippen molar-refractivity contribution in [2.24, 2.45) is 0 Å². The molecule has 3 N–H and O–H groups in total. The second-order valence-corrected chi connectivity index (χ2v) is 4.83. The normalized spacial score (nSPS) is 16.6. The summed E-state index contributed by atoms with van der Waals surface area (Å²) in [6, 6.07) is 4.05. The minimum atomic E-state index is -1.18. The maximum absolute atomic E-state index is 12.9. The molecule has 0 aromatic heterocycles. The van der Waals surface area contributed by atoms with Crippen LogP contribution in [0.3, 0.4) is 0 Å². The Labute approximate surface area is 105 Å². The van der Waals surface area contributed by atoms with Crippen LogP contribution in [0.25, 0.3) is 0 Å². The zero-order valence-corrected chi connectivity index (χ0v) is 10.6. The van der Waals surface area contributed by atoms with Gasteiger partial charge in [-0.3, -0.25) is 0 Å². The SMILES string of the molecule is CC(NCC(C)(O)CO)c1ccc(F)cc1Cl. The summed E-state index contributed by atoms with van der Waals surface area (Å²) >= 11 is 5.92. The summed E-state index contributed by atoms with van der Waals surface area (Å²) in [5, 5.41) is 21.9. The van der Waals surface area contributed by atoms with Gasteiger partial charge in [0.2, 0.25) is 0 Å². The van der Waals surface area contributed by atoms with Crippen molar-refractivity contribution in [3.05, 3.63) is 34.6 Å². The van der Waals surface area contributed by atoms with E-state index in [1.54, 1.807) is 6.07 Å². The zero-order valence-electron chi connectivity index (χ0n) is 9.87. The molecule has 1 aromatic carbocycles. The van der Waals surface area contributed by atoms with Crippen LogP contribution in [-0.2, 0) is 0 Å². The van der Waals surface area contributed by atoms with Gasteiger partial charge in [0, 0.05) is 17.6 Å². The molecule has 0 spiro atoms. The highest BCUT2D eigenvalue weighted by Crippen LogP contribution is 2.23. The number of rotatable bonds is 5. The fourth-order valence-electron chi connectivity index (χ4n) is 1.39. The van der Waals surface area contributed by atoms with E-state index in [-0.39, 0.29) is 25.0 Å².